The smallest absolute Gasteiger partial charge is 0.159 e. The lowest BCUT2D eigenvalue weighted by Gasteiger charge is -2.26. The quantitative estimate of drug-likeness (QED) is 0.233. The average Bonchev–Trinajstić information content (AvgIpc) is 3.41. The molecule has 2 nitrogen and oxygen atoms in total. The van der Waals surface area contributed by atoms with Crippen molar-refractivity contribution in [3.05, 3.63) is 138 Å². The monoisotopic (exact) mass is 513 g/mol. The number of nitrogens with zero attached hydrogens (tertiary/aromatic N) is 1. The first-order valence-corrected chi connectivity index (χ1v) is 13.9. The molecule has 8 rings (SSSR count). The van der Waals surface area contributed by atoms with Gasteiger partial charge in [0.25, 0.3) is 0 Å². The van der Waals surface area contributed by atoms with E-state index in [1.54, 1.807) is 0 Å². The first kappa shape index (κ1) is 22.9. The summed E-state index contributed by atoms with van der Waals surface area (Å²) in [6.45, 7) is 0. The number of furan rings is 1. The number of benzene rings is 6. The van der Waals surface area contributed by atoms with Crippen molar-refractivity contribution in [3.8, 4) is 11.1 Å². The normalized spacial score (nSPS) is 12.7. The number of hydrogen-bond acceptors (Lipinski definition) is 2. The van der Waals surface area contributed by atoms with Crippen molar-refractivity contribution >= 4 is 61.9 Å². The van der Waals surface area contributed by atoms with E-state index < -0.39 is 0 Å². The van der Waals surface area contributed by atoms with Crippen LogP contribution in [0, 0.1) is 0 Å². The van der Waals surface area contributed by atoms with Gasteiger partial charge in [-0.15, -0.1) is 0 Å². The molecule has 0 radical (unpaired) electrons. The number of fused-ring (bicyclic) bond motifs is 6. The summed E-state index contributed by atoms with van der Waals surface area (Å²) in [5, 5.41) is 7.47. The third-order valence-electron chi connectivity index (χ3n) is 8.08. The van der Waals surface area contributed by atoms with Gasteiger partial charge in [-0.2, -0.15) is 0 Å². The second-order valence-corrected chi connectivity index (χ2v) is 10.5. The van der Waals surface area contributed by atoms with Crippen molar-refractivity contribution in [2.75, 3.05) is 4.90 Å². The Bertz CT molecular complexity index is 2150. The van der Waals surface area contributed by atoms with Gasteiger partial charge in [-0.3, -0.25) is 0 Å². The molecular formula is C38H27NO. The number of rotatable bonds is 4. The lowest BCUT2D eigenvalue weighted by molar-refractivity contribution is 0.669. The molecule has 6 aromatic carbocycles. The van der Waals surface area contributed by atoms with Gasteiger partial charge in [-0.25, -0.2) is 0 Å². The van der Waals surface area contributed by atoms with E-state index in [9.17, 15) is 0 Å². The summed E-state index contributed by atoms with van der Waals surface area (Å²) in [4.78, 5) is 2.34. The molecule has 0 bridgehead atoms. The lowest BCUT2D eigenvalue weighted by Crippen LogP contribution is -2.27. The third kappa shape index (κ3) is 3.72. The minimum absolute atomic E-state index is 0.894. The van der Waals surface area contributed by atoms with Gasteiger partial charge in [-0.1, -0.05) is 103 Å². The maximum Gasteiger partial charge on any atom is 0.159 e. The van der Waals surface area contributed by atoms with Gasteiger partial charge in [0, 0.05) is 22.1 Å². The van der Waals surface area contributed by atoms with Crippen LogP contribution in [0.1, 0.15) is 12.8 Å². The van der Waals surface area contributed by atoms with Gasteiger partial charge in [0.1, 0.15) is 5.58 Å². The second kappa shape index (κ2) is 9.29. The Morgan fingerprint density at radius 1 is 0.525 bits per heavy atom. The predicted octanol–water partition coefficient (Wildman–Crippen LogP) is 9.23. The molecule has 0 atom stereocenters. The van der Waals surface area contributed by atoms with Crippen LogP contribution >= 0.6 is 0 Å². The van der Waals surface area contributed by atoms with Crippen LogP contribution in [-0.2, 0) is 0 Å². The zero-order valence-electron chi connectivity index (χ0n) is 22.0. The molecule has 0 spiro atoms. The fraction of sp³-hybridized carbons (Fsp3) is 0.0526. The highest BCUT2D eigenvalue weighted by Gasteiger charge is 2.20. The van der Waals surface area contributed by atoms with Crippen LogP contribution in [0.3, 0.4) is 0 Å². The van der Waals surface area contributed by atoms with E-state index in [1.165, 1.54) is 32.3 Å². The second-order valence-electron chi connectivity index (χ2n) is 10.5. The van der Waals surface area contributed by atoms with Crippen molar-refractivity contribution in [1.82, 2.24) is 0 Å². The highest BCUT2D eigenvalue weighted by atomic mass is 16.3. The van der Waals surface area contributed by atoms with Gasteiger partial charge >= 0.3 is 0 Å². The van der Waals surface area contributed by atoms with E-state index >= 15 is 0 Å². The van der Waals surface area contributed by atoms with E-state index in [4.69, 9.17) is 4.42 Å². The molecule has 0 N–H and O–H groups in total. The molecule has 190 valence electrons. The van der Waals surface area contributed by atoms with Crippen molar-refractivity contribution in [3.63, 3.8) is 0 Å². The summed E-state index contributed by atoms with van der Waals surface area (Å²) in [5.41, 5.74) is 7.44. The Balaban J connectivity index is 1.38. The molecule has 0 saturated heterocycles. The highest BCUT2D eigenvalue weighted by molar-refractivity contribution is 6.10. The van der Waals surface area contributed by atoms with Gasteiger partial charge in [0.05, 0.1) is 5.69 Å². The fourth-order valence-electron chi connectivity index (χ4n) is 6.13. The molecular weight excluding hydrogens is 486 g/mol. The summed E-state index contributed by atoms with van der Waals surface area (Å²) >= 11 is 0. The van der Waals surface area contributed by atoms with Gasteiger partial charge < -0.3 is 9.32 Å². The van der Waals surface area contributed by atoms with Crippen molar-refractivity contribution in [1.29, 1.82) is 0 Å². The largest absolute Gasteiger partial charge is 0.454 e. The molecule has 2 heteroatoms. The molecule has 0 amide bonds. The molecule has 1 aliphatic carbocycles. The van der Waals surface area contributed by atoms with Crippen LogP contribution in [0.4, 0.5) is 17.1 Å². The molecule has 7 aromatic rings. The van der Waals surface area contributed by atoms with Crippen molar-refractivity contribution in [2.24, 2.45) is 0 Å². The minimum Gasteiger partial charge on any atom is -0.454 e. The van der Waals surface area contributed by atoms with Crippen LogP contribution in [0.5, 0.6) is 0 Å². The topological polar surface area (TPSA) is 16.4 Å². The number of anilines is 3. The van der Waals surface area contributed by atoms with Crippen molar-refractivity contribution in [2.45, 2.75) is 12.8 Å². The number of hydrogen-bond donors (Lipinski definition) is 0. The molecule has 1 heterocycles. The van der Waals surface area contributed by atoms with Crippen LogP contribution < -0.4 is 15.3 Å². The van der Waals surface area contributed by atoms with Crippen LogP contribution in [0.2, 0.25) is 0 Å². The first-order chi connectivity index (χ1) is 19.8. The van der Waals surface area contributed by atoms with E-state index in [0.717, 1.165) is 51.8 Å². The average molecular weight is 514 g/mol. The summed E-state index contributed by atoms with van der Waals surface area (Å²) in [7, 11) is 0. The van der Waals surface area contributed by atoms with Crippen LogP contribution in [-0.4, -0.2) is 0 Å². The summed E-state index contributed by atoms with van der Waals surface area (Å²) in [5.74, 6) is 0. The maximum absolute atomic E-state index is 6.53. The van der Waals surface area contributed by atoms with Gasteiger partial charge in [-0.05, 0) is 81.6 Å². The molecule has 1 aliphatic rings. The third-order valence-corrected chi connectivity index (χ3v) is 8.08. The molecule has 40 heavy (non-hydrogen) atoms. The van der Waals surface area contributed by atoms with E-state index in [-0.39, 0.29) is 0 Å². The van der Waals surface area contributed by atoms with Crippen LogP contribution in [0.15, 0.2) is 132 Å². The molecule has 1 aromatic heterocycles. The van der Waals surface area contributed by atoms with Crippen molar-refractivity contribution < 1.29 is 4.42 Å². The van der Waals surface area contributed by atoms with Gasteiger partial charge in [0.2, 0.25) is 0 Å². The first-order valence-electron chi connectivity index (χ1n) is 13.9. The Morgan fingerprint density at radius 2 is 1.25 bits per heavy atom. The molecule has 0 saturated carbocycles. The van der Waals surface area contributed by atoms with E-state index in [0.29, 0.717) is 0 Å². The van der Waals surface area contributed by atoms with E-state index in [1.807, 2.05) is 12.1 Å². The predicted molar refractivity (Wildman–Crippen MR) is 169 cm³/mol. The zero-order valence-corrected chi connectivity index (χ0v) is 22.0. The number of para-hydroxylation sites is 2. The van der Waals surface area contributed by atoms with Gasteiger partial charge in [0.15, 0.2) is 5.58 Å². The highest BCUT2D eigenvalue weighted by Crippen LogP contribution is 2.42. The Labute approximate surface area is 232 Å². The summed E-state index contributed by atoms with van der Waals surface area (Å²) in [6, 6.07) is 45.5. The molecule has 0 aliphatic heterocycles. The standard InChI is InChI=1S/C38H27NO/c1-2-9-26(10-3-1)27-19-22-30(23-20-27)39(36-15-8-14-34-33-13-6-7-16-37(33)40-38(34)36)31-24-21-29-18-17-28-11-4-5-12-32(28)35(29)25-31/h1-3,6-25H,4-5H2. The SMILES string of the molecule is C1=c2ccc3ccc(N(c4ccc(-c5ccccc5)cc4)c4cccc5c4oc4ccccc45)cc3c2=CCC1. The Kier molecular flexibility index (Phi) is 5.31. The summed E-state index contributed by atoms with van der Waals surface area (Å²) in [6.07, 6.45) is 6.93. The Morgan fingerprint density at radius 3 is 2.15 bits per heavy atom. The lowest BCUT2D eigenvalue weighted by atomic mass is 10.00. The maximum atomic E-state index is 6.53. The Hall–Kier alpha value is -5.08. The zero-order chi connectivity index (χ0) is 26.5. The summed E-state index contributed by atoms with van der Waals surface area (Å²) < 4.78 is 6.53. The molecule has 0 unspecified atom stereocenters. The van der Waals surface area contributed by atoms with E-state index in [2.05, 4.69) is 132 Å². The van der Waals surface area contributed by atoms with Crippen LogP contribution in [0.25, 0.3) is 56.0 Å². The minimum atomic E-state index is 0.894. The fourth-order valence-corrected chi connectivity index (χ4v) is 6.13. The molecule has 0 fully saturated rings.